The Morgan fingerprint density at radius 2 is 1.68 bits per heavy atom. The van der Waals surface area contributed by atoms with Crippen LogP contribution in [0, 0.1) is 6.92 Å². The van der Waals surface area contributed by atoms with E-state index in [1.54, 1.807) is 7.11 Å². The van der Waals surface area contributed by atoms with Crippen molar-refractivity contribution in [2.45, 2.75) is 65.2 Å². The minimum absolute atomic E-state index is 0.240. The molecule has 8 nitrogen and oxygen atoms in total. The zero-order chi connectivity index (χ0) is 32.8. The topological polar surface area (TPSA) is 96.0 Å². The van der Waals surface area contributed by atoms with E-state index in [4.69, 9.17) is 18.6 Å². The molecule has 242 valence electrons. The molecule has 0 spiro atoms. The van der Waals surface area contributed by atoms with Crippen molar-refractivity contribution in [3.05, 3.63) is 108 Å². The molecule has 2 aromatic heterocycles. The highest BCUT2D eigenvalue weighted by Gasteiger charge is 2.22. The molecular weight excluding hydrogens is 592 g/mol. The van der Waals surface area contributed by atoms with E-state index in [0.29, 0.717) is 41.9 Å². The molecule has 1 atom stereocenters. The number of aliphatic carboxylic acids is 1. The Morgan fingerprint density at radius 1 is 0.894 bits per heavy atom. The summed E-state index contributed by atoms with van der Waals surface area (Å²) in [6.07, 6.45) is 3.57. The number of ether oxygens (including phenoxy) is 3. The van der Waals surface area contributed by atoms with E-state index in [9.17, 15) is 9.90 Å². The lowest BCUT2D eigenvalue weighted by atomic mass is 10.1. The Balaban J connectivity index is 1.25. The Hall–Kier alpha value is -5.24. The molecule has 2 heterocycles. The molecule has 8 heteroatoms. The average molecular weight is 633 g/mol. The molecule has 6 aromatic rings. The lowest BCUT2D eigenvalue weighted by Crippen LogP contribution is -2.27. The smallest absolute Gasteiger partial charge is 0.344 e. The third-order valence-electron chi connectivity index (χ3n) is 8.47. The summed E-state index contributed by atoms with van der Waals surface area (Å²) in [5.74, 6) is 2.14. The summed E-state index contributed by atoms with van der Waals surface area (Å²) in [5, 5.41) is 11.9. The van der Waals surface area contributed by atoms with Gasteiger partial charge in [-0.2, -0.15) is 0 Å². The predicted molar refractivity (Wildman–Crippen MR) is 183 cm³/mol. The summed E-state index contributed by atoms with van der Waals surface area (Å²) in [5.41, 5.74) is 4.66. The van der Waals surface area contributed by atoms with Gasteiger partial charge in [0.05, 0.1) is 12.6 Å². The summed E-state index contributed by atoms with van der Waals surface area (Å²) in [6.45, 7) is 4.83. The van der Waals surface area contributed by atoms with Crippen LogP contribution < -0.4 is 14.2 Å². The van der Waals surface area contributed by atoms with Gasteiger partial charge < -0.3 is 28.3 Å². The minimum Gasteiger partial charge on any atom is -0.493 e. The number of fused-ring (bicyclic) bond motifs is 3. The molecule has 0 aliphatic carbocycles. The normalized spacial score (nSPS) is 12.0. The molecule has 6 rings (SSSR count). The summed E-state index contributed by atoms with van der Waals surface area (Å²) >= 11 is 0. The first-order chi connectivity index (χ1) is 23.0. The van der Waals surface area contributed by atoms with Gasteiger partial charge in [-0.05, 0) is 67.8 Å². The fraction of sp³-hybridized carbons (Fsp3) is 0.282. The number of hydrogen-bond donors (Lipinski definition) is 1. The molecule has 0 aliphatic rings. The first kappa shape index (κ1) is 31.7. The van der Waals surface area contributed by atoms with E-state index >= 15 is 0 Å². The van der Waals surface area contributed by atoms with E-state index < -0.39 is 12.1 Å². The van der Waals surface area contributed by atoms with E-state index in [1.165, 1.54) is 0 Å². The number of unbranched alkanes of at least 4 members (excludes halogenated alkanes) is 3. The van der Waals surface area contributed by atoms with E-state index in [2.05, 4.69) is 34.7 Å². The van der Waals surface area contributed by atoms with Gasteiger partial charge in [-0.3, -0.25) is 0 Å². The summed E-state index contributed by atoms with van der Waals surface area (Å²) < 4.78 is 26.3. The van der Waals surface area contributed by atoms with Crippen LogP contribution in [-0.4, -0.2) is 33.8 Å². The number of benzene rings is 4. The van der Waals surface area contributed by atoms with Crippen molar-refractivity contribution in [2.24, 2.45) is 0 Å². The van der Waals surface area contributed by atoms with Crippen molar-refractivity contribution < 1.29 is 28.5 Å². The van der Waals surface area contributed by atoms with Gasteiger partial charge in [-0.15, -0.1) is 0 Å². The number of hydrogen-bond acceptors (Lipinski definition) is 6. The first-order valence-electron chi connectivity index (χ1n) is 16.2. The fourth-order valence-corrected chi connectivity index (χ4v) is 6.00. The molecular formula is C39H40N2O6. The molecule has 47 heavy (non-hydrogen) atoms. The van der Waals surface area contributed by atoms with E-state index in [0.717, 1.165) is 64.3 Å². The van der Waals surface area contributed by atoms with Crippen LogP contribution in [0.5, 0.6) is 17.2 Å². The number of rotatable bonds is 15. The third kappa shape index (κ3) is 6.97. The van der Waals surface area contributed by atoms with Gasteiger partial charge in [0.25, 0.3) is 0 Å². The highest BCUT2D eigenvalue weighted by Crippen LogP contribution is 2.38. The number of aryl methyl sites for hydroxylation is 1. The van der Waals surface area contributed by atoms with Crippen LogP contribution in [0.3, 0.4) is 0 Å². The maximum absolute atomic E-state index is 12.1. The number of methoxy groups -OCH3 is 1. The van der Waals surface area contributed by atoms with Gasteiger partial charge >= 0.3 is 5.97 Å². The number of carboxylic acid groups (broad SMARTS) is 1. The van der Waals surface area contributed by atoms with Crippen LogP contribution in [0.25, 0.3) is 33.3 Å². The molecule has 1 unspecified atom stereocenters. The predicted octanol–water partition coefficient (Wildman–Crippen LogP) is 9.20. The summed E-state index contributed by atoms with van der Waals surface area (Å²) in [7, 11) is 1.63. The van der Waals surface area contributed by atoms with Gasteiger partial charge in [0.2, 0.25) is 5.89 Å². The quantitative estimate of drug-likeness (QED) is 0.113. The van der Waals surface area contributed by atoms with Crippen molar-refractivity contribution in [1.82, 2.24) is 9.55 Å². The molecule has 0 fully saturated rings. The number of oxazole rings is 1. The zero-order valence-corrected chi connectivity index (χ0v) is 27.1. The van der Waals surface area contributed by atoms with Gasteiger partial charge in [-0.25, -0.2) is 9.78 Å². The van der Waals surface area contributed by atoms with Gasteiger partial charge in [0.1, 0.15) is 23.8 Å². The molecule has 0 amide bonds. The van der Waals surface area contributed by atoms with E-state index in [-0.39, 0.29) is 6.61 Å². The first-order valence-corrected chi connectivity index (χ1v) is 16.2. The van der Waals surface area contributed by atoms with Crippen molar-refractivity contribution in [2.75, 3.05) is 7.11 Å². The average Bonchev–Trinajstić information content (AvgIpc) is 3.63. The number of carboxylic acids is 1. The maximum atomic E-state index is 12.1. The van der Waals surface area contributed by atoms with Crippen molar-refractivity contribution in [3.8, 4) is 28.7 Å². The lowest BCUT2D eigenvalue weighted by molar-refractivity contribution is -0.145. The maximum Gasteiger partial charge on any atom is 0.344 e. The van der Waals surface area contributed by atoms with Gasteiger partial charge in [-0.1, -0.05) is 74.7 Å². The molecule has 0 saturated heterocycles. The largest absolute Gasteiger partial charge is 0.493 e. The van der Waals surface area contributed by atoms with Gasteiger partial charge in [0, 0.05) is 28.4 Å². The molecule has 0 radical (unpaired) electrons. The lowest BCUT2D eigenvalue weighted by Gasteiger charge is -2.16. The van der Waals surface area contributed by atoms with Crippen LogP contribution in [0.15, 0.2) is 95.4 Å². The Labute approximate surface area is 274 Å². The van der Waals surface area contributed by atoms with Crippen LogP contribution in [0.1, 0.15) is 56.0 Å². The van der Waals surface area contributed by atoms with Gasteiger partial charge in [0.15, 0.2) is 17.6 Å². The van der Waals surface area contributed by atoms with Crippen LogP contribution >= 0.6 is 0 Å². The minimum atomic E-state index is -0.938. The molecule has 0 bridgehead atoms. The molecule has 0 saturated carbocycles. The third-order valence-corrected chi connectivity index (χ3v) is 8.47. The van der Waals surface area contributed by atoms with E-state index in [1.807, 2.05) is 79.7 Å². The number of aromatic nitrogens is 2. The highest BCUT2D eigenvalue weighted by atomic mass is 16.5. The SMILES string of the molecule is CCCCCCC(Oc1cccc2c1c1ccccc1n2Cc1ccc(OCc2nc(-c3ccccc3)oc2C)c(OC)c1)C(=O)O. The second-order valence-electron chi connectivity index (χ2n) is 11.7. The second kappa shape index (κ2) is 14.5. The Morgan fingerprint density at radius 3 is 2.47 bits per heavy atom. The van der Waals surface area contributed by atoms with Crippen LogP contribution in [0.2, 0.25) is 0 Å². The number of carbonyl (C=O) groups is 1. The highest BCUT2D eigenvalue weighted by molar-refractivity contribution is 6.11. The van der Waals surface area contributed by atoms with Crippen LogP contribution in [-0.2, 0) is 17.9 Å². The molecule has 1 N–H and O–H groups in total. The Bertz CT molecular complexity index is 1980. The van der Waals surface area contributed by atoms with Crippen molar-refractivity contribution in [3.63, 3.8) is 0 Å². The fourth-order valence-electron chi connectivity index (χ4n) is 6.00. The zero-order valence-electron chi connectivity index (χ0n) is 27.1. The van der Waals surface area contributed by atoms with Crippen LogP contribution in [0.4, 0.5) is 0 Å². The number of nitrogens with zero attached hydrogens (tertiary/aromatic N) is 2. The van der Waals surface area contributed by atoms with Crippen molar-refractivity contribution >= 4 is 27.8 Å². The Kier molecular flexibility index (Phi) is 9.76. The molecule has 0 aliphatic heterocycles. The van der Waals surface area contributed by atoms with Crippen molar-refractivity contribution in [1.29, 1.82) is 0 Å². The second-order valence-corrected chi connectivity index (χ2v) is 11.7. The summed E-state index contributed by atoms with van der Waals surface area (Å²) in [4.78, 5) is 16.8. The monoisotopic (exact) mass is 632 g/mol. The standard InChI is InChI=1S/C39H40N2O6/c1-4-5-6-10-19-35(39(42)43)47-34-20-13-18-32-37(34)29-16-11-12-17-31(29)41(32)24-27-21-22-33(36(23-27)44-3)45-25-30-26(2)46-38(40-30)28-14-8-7-9-15-28/h7-9,11-18,20-23,35H,4-6,10,19,24-25H2,1-3H3,(H,42,43). The summed E-state index contributed by atoms with van der Waals surface area (Å²) in [6, 6.07) is 29.7. The molecule has 4 aromatic carbocycles. The number of para-hydroxylation sites is 1.